The maximum absolute atomic E-state index is 12.4. The first kappa shape index (κ1) is 12.6. The Labute approximate surface area is 114 Å². The van der Waals surface area contributed by atoms with E-state index in [1.165, 1.54) is 25.7 Å². The third-order valence-electron chi connectivity index (χ3n) is 4.58. The molecule has 0 N–H and O–H groups in total. The Morgan fingerprint density at radius 1 is 1.16 bits per heavy atom. The van der Waals surface area contributed by atoms with Crippen molar-refractivity contribution in [3.05, 3.63) is 23.8 Å². The molecule has 19 heavy (non-hydrogen) atoms. The summed E-state index contributed by atoms with van der Waals surface area (Å²) in [5, 5.41) is 0. The minimum atomic E-state index is 0.0523. The molecule has 1 saturated heterocycles. The SMILES string of the molecule is Cc1cnc(C(=O)N2CCC3CCCCC3C2)cn1. The fourth-order valence-electron chi connectivity index (χ4n) is 3.45. The summed E-state index contributed by atoms with van der Waals surface area (Å²) in [6, 6.07) is 0. The van der Waals surface area contributed by atoms with Gasteiger partial charge in [-0.2, -0.15) is 0 Å². The molecule has 102 valence electrons. The number of likely N-dealkylation sites (tertiary alicyclic amines) is 1. The Balaban J connectivity index is 1.69. The molecule has 1 saturated carbocycles. The molecule has 1 aromatic rings. The predicted octanol–water partition coefficient (Wildman–Crippen LogP) is 2.44. The maximum Gasteiger partial charge on any atom is 0.274 e. The third kappa shape index (κ3) is 2.62. The number of hydrogen-bond acceptors (Lipinski definition) is 3. The van der Waals surface area contributed by atoms with Gasteiger partial charge >= 0.3 is 0 Å². The Bertz CT molecular complexity index is 457. The number of rotatable bonds is 1. The average molecular weight is 259 g/mol. The summed E-state index contributed by atoms with van der Waals surface area (Å²) in [5.74, 6) is 1.61. The highest BCUT2D eigenvalue weighted by molar-refractivity contribution is 5.92. The highest BCUT2D eigenvalue weighted by Crippen LogP contribution is 2.36. The second-order valence-corrected chi connectivity index (χ2v) is 5.89. The molecule has 0 spiro atoms. The van der Waals surface area contributed by atoms with Crippen LogP contribution in [0.1, 0.15) is 48.3 Å². The standard InChI is InChI=1S/C15H21N3O/c1-11-8-17-14(9-16-11)15(19)18-7-6-12-4-2-3-5-13(12)10-18/h8-9,12-13H,2-7,10H2,1H3. The molecule has 4 heteroatoms. The molecule has 2 unspecified atom stereocenters. The Morgan fingerprint density at radius 2 is 1.95 bits per heavy atom. The van der Waals surface area contributed by atoms with Crippen molar-refractivity contribution in [2.45, 2.75) is 39.0 Å². The second-order valence-electron chi connectivity index (χ2n) is 5.89. The van der Waals surface area contributed by atoms with Gasteiger partial charge in [0.25, 0.3) is 5.91 Å². The summed E-state index contributed by atoms with van der Waals surface area (Å²) < 4.78 is 0. The zero-order chi connectivity index (χ0) is 13.2. The van der Waals surface area contributed by atoms with Crippen LogP contribution < -0.4 is 0 Å². The summed E-state index contributed by atoms with van der Waals surface area (Å²) in [6.45, 7) is 3.68. The lowest BCUT2D eigenvalue weighted by molar-refractivity contribution is 0.0515. The Morgan fingerprint density at radius 3 is 2.68 bits per heavy atom. The van der Waals surface area contributed by atoms with Crippen LogP contribution in [0.3, 0.4) is 0 Å². The van der Waals surface area contributed by atoms with E-state index in [0.29, 0.717) is 11.6 Å². The molecule has 2 fully saturated rings. The number of hydrogen-bond donors (Lipinski definition) is 0. The third-order valence-corrected chi connectivity index (χ3v) is 4.58. The molecule has 2 aliphatic rings. The highest BCUT2D eigenvalue weighted by atomic mass is 16.2. The van der Waals surface area contributed by atoms with Crippen LogP contribution in [0.15, 0.2) is 12.4 Å². The molecule has 1 aromatic heterocycles. The van der Waals surface area contributed by atoms with Crippen molar-refractivity contribution < 1.29 is 4.79 Å². The Kier molecular flexibility index (Phi) is 3.49. The summed E-state index contributed by atoms with van der Waals surface area (Å²) in [4.78, 5) is 22.8. The van der Waals surface area contributed by atoms with Gasteiger partial charge in [-0.3, -0.25) is 9.78 Å². The molecule has 0 radical (unpaired) electrons. The van der Waals surface area contributed by atoms with E-state index in [1.807, 2.05) is 11.8 Å². The molecule has 1 aliphatic carbocycles. The summed E-state index contributed by atoms with van der Waals surface area (Å²) in [6.07, 6.45) is 9.78. The Hall–Kier alpha value is -1.45. The predicted molar refractivity (Wildman–Crippen MR) is 72.7 cm³/mol. The fraction of sp³-hybridized carbons (Fsp3) is 0.667. The summed E-state index contributed by atoms with van der Waals surface area (Å²) in [5.41, 5.74) is 1.34. The van der Waals surface area contributed by atoms with Crippen molar-refractivity contribution in [1.29, 1.82) is 0 Å². The first-order valence-electron chi connectivity index (χ1n) is 7.32. The van der Waals surface area contributed by atoms with Gasteiger partial charge in [-0.25, -0.2) is 4.98 Å². The van der Waals surface area contributed by atoms with Crippen LogP contribution in [0.5, 0.6) is 0 Å². The van der Waals surface area contributed by atoms with E-state index < -0.39 is 0 Å². The molecule has 2 atom stereocenters. The second kappa shape index (κ2) is 5.27. The van der Waals surface area contributed by atoms with E-state index in [-0.39, 0.29) is 5.91 Å². The molecule has 1 aliphatic heterocycles. The zero-order valence-electron chi connectivity index (χ0n) is 11.5. The normalized spacial score (nSPS) is 26.9. The topological polar surface area (TPSA) is 46.1 Å². The van der Waals surface area contributed by atoms with Crippen molar-refractivity contribution in [2.24, 2.45) is 11.8 Å². The molecular formula is C15H21N3O. The number of piperidine rings is 1. The monoisotopic (exact) mass is 259 g/mol. The first-order valence-corrected chi connectivity index (χ1v) is 7.32. The van der Waals surface area contributed by atoms with E-state index in [0.717, 1.165) is 31.1 Å². The van der Waals surface area contributed by atoms with Crippen LogP contribution in [0.2, 0.25) is 0 Å². The van der Waals surface area contributed by atoms with Crippen LogP contribution >= 0.6 is 0 Å². The van der Waals surface area contributed by atoms with Crippen LogP contribution in [0.4, 0.5) is 0 Å². The number of aromatic nitrogens is 2. The molecule has 1 amide bonds. The van der Waals surface area contributed by atoms with Gasteiger partial charge in [0.1, 0.15) is 5.69 Å². The minimum absolute atomic E-state index is 0.0523. The smallest absolute Gasteiger partial charge is 0.274 e. The van der Waals surface area contributed by atoms with Crippen molar-refractivity contribution in [2.75, 3.05) is 13.1 Å². The number of carbonyl (C=O) groups excluding carboxylic acids is 1. The van der Waals surface area contributed by atoms with Gasteiger partial charge in [-0.15, -0.1) is 0 Å². The largest absolute Gasteiger partial charge is 0.337 e. The van der Waals surface area contributed by atoms with Gasteiger partial charge in [-0.1, -0.05) is 19.3 Å². The van der Waals surface area contributed by atoms with E-state index in [2.05, 4.69) is 9.97 Å². The quantitative estimate of drug-likeness (QED) is 0.778. The van der Waals surface area contributed by atoms with Crippen LogP contribution in [-0.2, 0) is 0 Å². The van der Waals surface area contributed by atoms with Crippen molar-refractivity contribution in [3.8, 4) is 0 Å². The lowest BCUT2D eigenvalue weighted by atomic mass is 9.75. The number of nitrogens with zero attached hydrogens (tertiary/aromatic N) is 3. The molecular weight excluding hydrogens is 238 g/mol. The zero-order valence-corrected chi connectivity index (χ0v) is 11.5. The van der Waals surface area contributed by atoms with Gasteiger partial charge in [-0.05, 0) is 31.6 Å². The number of carbonyl (C=O) groups is 1. The van der Waals surface area contributed by atoms with Gasteiger partial charge in [0.2, 0.25) is 0 Å². The van der Waals surface area contributed by atoms with Crippen molar-refractivity contribution in [1.82, 2.24) is 14.9 Å². The van der Waals surface area contributed by atoms with Crippen molar-refractivity contribution >= 4 is 5.91 Å². The van der Waals surface area contributed by atoms with Gasteiger partial charge in [0.05, 0.1) is 11.9 Å². The first-order chi connectivity index (χ1) is 9.24. The minimum Gasteiger partial charge on any atom is -0.337 e. The maximum atomic E-state index is 12.4. The summed E-state index contributed by atoms with van der Waals surface area (Å²) in [7, 11) is 0. The van der Waals surface area contributed by atoms with Gasteiger partial charge < -0.3 is 4.90 Å². The fourth-order valence-corrected chi connectivity index (χ4v) is 3.45. The van der Waals surface area contributed by atoms with Gasteiger partial charge in [0, 0.05) is 19.3 Å². The molecule has 2 heterocycles. The van der Waals surface area contributed by atoms with E-state index in [4.69, 9.17) is 0 Å². The van der Waals surface area contributed by atoms with E-state index in [9.17, 15) is 4.79 Å². The number of aryl methyl sites for hydroxylation is 1. The van der Waals surface area contributed by atoms with E-state index in [1.54, 1.807) is 12.4 Å². The lowest BCUT2D eigenvalue weighted by Gasteiger charge is -2.41. The highest BCUT2D eigenvalue weighted by Gasteiger charge is 2.33. The van der Waals surface area contributed by atoms with Crippen molar-refractivity contribution in [3.63, 3.8) is 0 Å². The lowest BCUT2D eigenvalue weighted by Crippen LogP contribution is -2.45. The average Bonchev–Trinajstić information content (AvgIpc) is 2.47. The van der Waals surface area contributed by atoms with E-state index >= 15 is 0 Å². The number of amides is 1. The van der Waals surface area contributed by atoms with Crippen LogP contribution in [0, 0.1) is 18.8 Å². The molecule has 3 rings (SSSR count). The summed E-state index contributed by atoms with van der Waals surface area (Å²) >= 11 is 0. The number of fused-ring (bicyclic) bond motifs is 1. The van der Waals surface area contributed by atoms with Gasteiger partial charge in [0.15, 0.2) is 0 Å². The molecule has 4 nitrogen and oxygen atoms in total. The molecule has 0 bridgehead atoms. The van der Waals surface area contributed by atoms with Crippen LogP contribution in [-0.4, -0.2) is 33.9 Å². The van der Waals surface area contributed by atoms with Crippen LogP contribution in [0.25, 0.3) is 0 Å². The molecule has 0 aromatic carbocycles.